The van der Waals surface area contributed by atoms with E-state index in [0.29, 0.717) is 0 Å². The second-order valence-corrected chi connectivity index (χ2v) is 8.05. The van der Waals surface area contributed by atoms with Crippen molar-refractivity contribution in [1.82, 2.24) is 0 Å². The van der Waals surface area contributed by atoms with E-state index in [-0.39, 0.29) is 0 Å². The smallest absolute Gasteiger partial charge is 0.0333 e. The van der Waals surface area contributed by atoms with Crippen LogP contribution in [0.25, 0.3) is 21.5 Å². The van der Waals surface area contributed by atoms with Crippen molar-refractivity contribution in [3.63, 3.8) is 0 Å². The van der Waals surface area contributed by atoms with E-state index in [1.165, 1.54) is 52.7 Å². The number of halogens is 2. The number of hydrogen-bond acceptors (Lipinski definition) is 0. The van der Waals surface area contributed by atoms with Gasteiger partial charge in [-0.15, -0.1) is 0 Å². The molecular formula is C22H14Br2. The van der Waals surface area contributed by atoms with Gasteiger partial charge < -0.3 is 0 Å². The third kappa shape index (κ3) is 2.09. The van der Waals surface area contributed by atoms with Gasteiger partial charge in [-0.1, -0.05) is 48.5 Å². The molecule has 0 spiro atoms. The Morgan fingerprint density at radius 2 is 0.917 bits per heavy atom. The summed E-state index contributed by atoms with van der Waals surface area (Å²) in [5.74, 6) is 0. The van der Waals surface area contributed by atoms with Crippen molar-refractivity contribution in [3.8, 4) is 0 Å². The van der Waals surface area contributed by atoms with Crippen molar-refractivity contribution in [2.75, 3.05) is 0 Å². The quantitative estimate of drug-likeness (QED) is 0.228. The Kier molecular flexibility index (Phi) is 3.33. The lowest BCUT2D eigenvalue weighted by Gasteiger charge is -2.21. The zero-order valence-electron chi connectivity index (χ0n) is 12.9. The lowest BCUT2D eigenvalue weighted by Crippen LogP contribution is -2.07. The maximum Gasteiger partial charge on any atom is 0.0333 e. The highest BCUT2D eigenvalue weighted by Gasteiger charge is 2.18. The summed E-state index contributed by atoms with van der Waals surface area (Å²) in [5, 5.41) is 5.10. The van der Waals surface area contributed by atoms with E-state index in [1.807, 2.05) is 0 Å². The van der Waals surface area contributed by atoms with Gasteiger partial charge in [0.2, 0.25) is 0 Å². The molecule has 0 radical (unpaired) electrons. The summed E-state index contributed by atoms with van der Waals surface area (Å²) in [6.45, 7) is 0. The molecule has 0 aliphatic heterocycles. The van der Waals surface area contributed by atoms with Gasteiger partial charge >= 0.3 is 0 Å². The molecule has 0 saturated carbocycles. The maximum atomic E-state index is 3.86. The van der Waals surface area contributed by atoms with Crippen LogP contribution < -0.4 is 0 Å². The molecule has 1 aliphatic rings. The Balaban J connectivity index is 1.84. The number of rotatable bonds is 0. The van der Waals surface area contributed by atoms with E-state index < -0.39 is 0 Å². The molecule has 116 valence electrons. The summed E-state index contributed by atoms with van der Waals surface area (Å²) in [6.07, 6.45) is 2.05. The summed E-state index contributed by atoms with van der Waals surface area (Å²) >= 11 is 7.71. The molecule has 0 heterocycles. The zero-order chi connectivity index (χ0) is 16.3. The Bertz CT molecular complexity index is 1040. The van der Waals surface area contributed by atoms with Gasteiger partial charge in [-0.2, -0.15) is 0 Å². The van der Waals surface area contributed by atoms with Crippen LogP contribution in [-0.4, -0.2) is 0 Å². The third-order valence-electron chi connectivity index (χ3n) is 5.09. The number of benzene rings is 4. The molecule has 0 bridgehead atoms. The van der Waals surface area contributed by atoms with Crippen molar-refractivity contribution in [1.29, 1.82) is 0 Å². The molecule has 0 N–H and O–H groups in total. The monoisotopic (exact) mass is 436 g/mol. The van der Waals surface area contributed by atoms with Crippen LogP contribution in [0.15, 0.2) is 69.6 Å². The summed E-state index contributed by atoms with van der Waals surface area (Å²) in [5.41, 5.74) is 5.81. The van der Waals surface area contributed by atoms with E-state index in [9.17, 15) is 0 Å². The molecule has 1 aliphatic carbocycles. The summed E-state index contributed by atoms with van der Waals surface area (Å²) in [6, 6.07) is 22.1. The van der Waals surface area contributed by atoms with Crippen LogP contribution in [-0.2, 0) is 12.8 Å². The second kappa shape index (κ2) is 5.44. The fourth-order valence-corrected chi connectivity index (χ4v) is 5.20. The van der Waals surface area contributed by atoms with E-state index in [0.717, 1.165) is 12.8 Å². The Labute approximate surface area is 157 Å². The van der Waals surface area contributed by atoms with E-state index in [2.05, 4.69) is 92.5 Å². The standard InChI is InChI=1S/C22H14Br2/c23-21-17-7-3-4-8-18(17)22(24)20-12-16-10-14-6-2-1-5-13(14)9-15(16)11-19(20)21/h1-8,11-12H,9-10H2. The lowest BCUT2D eigenvalue weighted by molar-refractivity contribution is 1.01. The van der Waals surface area contributed by atoms with Gasteiger partial charge in [-0.25, -0.2) is 0 Å². The molecule has 4 aromatic rings. The molecule has 0 aromatic heterocycles. The first-order chi connectivity index (χ1) is 11.7. The van der Waals surface area contributed by atoms with Gasteiger partial charge in [-0.05, 0) is 101 Å². The highest BCUT2D eigenvalue weighted by molar-refractivity contribution is 9.11. The third-order valence-corrected chi connectivity index (χ3v) is 6.80. The minimum Gasteiger partial charge on any atom is -0.0620 e. The molecule has 4 aromatic carbocycles. The van der Waals surface area contributed by atoms with Crippen LogP contribution in [0.4, 0.5) is 0 Å². The van der Waals surface area contributed by atoms with Crippen LogP contribution in [0.2, 0.25) is 0 Å². The van der Waals surface area contributed by atoms with Crippen molar-refractivity contribution < 1.29 is 0 Å². The van der Waals surface area contributed by atoms with Crippen LogP contribution in [0.5, 0.6) is 0 Å². The Morgan fingerprint density at radius 3 is 1.38 bits per heavy atom. The number of fused-ring (bicyclic) bond motifs is 4. The van der Waals surface area contributed by atoms with Crippen molar-refractivity contribution in [2.45, 2.75) is 12.8 Å². The SMILES string of the molecule is Brc1c2ccccc2c(Br)c2cc3c(cc12)Cc1ccccc1C3. The predicted octanol–water partition coefficient (Wildman–Crippen LogP) is 7.01. The Hall–Kier alpha value is -1.64. The molecule has 24 heavy (non-hydrogen) atoms. The summed E-state index contributed by atoms with van der Waals surface area (Å²) < 4.78 is 2.39. The highest BCUT2D eigenvalue weighted by Crippen LogP contribution is 2.41. The van der Waals surface area contributed by atoms with Crippen molar-refractivity contribution in [3.05, 3.63) is 91.9 Å². The van der Waals surface area contributed by atoms with E-state index in [1.54, 1.807) is 0 Å². The zero-order valence-corrected chi connectivity index (χ0v) is 16.1. The lowest BCUT2D eigenvalue weighted by atomic mass is 9.84. The molecule has 5 rings (SSSR count). The second-order valence-electron chi connectivity index (χ2n) is 6.46. The topological polar surface area (TPSA) is 0 Å². The highest BCUT2D eigenvalue weighted by atomic mass is 79.9. The molecular weight excluding hydrogens is 424 g/mol. The van der Waals surface area contributed by atoms with Crippen LogP contribution in [0.1, 0.15) is 22.3 Å². The molecule has 2 heteroatoms. The van der Waals surface area contributed by atoms with Crippen LogP contribution in [0, 0.1) is 0 Å². The van der Waals surface area contributed by atoms with Gasteiger partial charge in [-0.3, -0.25) is 0 Å². The van der Waals surface area contributed by atoms with Crippen LogP contribution in [0.3, 0.4) is 0 Å². The van der Waals surface area contributed by atoms with Crippen LogP contribution >= 0.6 is 31.9 Å². The molecule has 0 saturated heterocycles. The normalized spacial score (nSPS) is 13.1. The van der Waals surface area contributed by atoms with Gasteiger partial charge in [0.15, 0.2) is 0 Å². The minimum atomic E-state index is 1.03. The minimum absolute atomic E-state index is 1.03. The van der Waals surface area contributed by atoms with E-state index in [4.69, 9.17) is 0 Å². The molecule has 0 fully saturated rings. The van der Waals surface area contributed by atoms with Gasteiger partial charge in [0.1, 0.15) is 0 Å². The number of hydrogen-bond donors (Lipinski definition) is 0. The predicted molar refractivity (Wildman–Crippen MR) is 109 cm³/mol. The first-order valence-corrected chi connectivity index (χ1v) is 9.69. The van der Waals surface area contributed by atoms with E-state index >= 15 is 0 Å². The first-order valence-electron chi connectivity index (χ1n) is 8.10. The molecule has 0 amide bonds. The van der Waals surface area contributed by atoms with Gasteiger partial charge in [0.05, 0.1) is 0 Å². The summed E-state index contributed by atoms with van der Waals surface area (Å²) in [7, 11) is 0. The Morgan fingerprint density at radius 1 is 0.500 bits per heavy atom. The van der Waals surface area contributed by atoms with Crippen molar-refractivity contribution in [2.24, 2.45) is 0 Å². The average Bonchev–Trinajstić information content (AvgIpc) is 2.63. The van der Waals surface area contributed by atoms with Gasteiger partial charge in [0.25, 0.3) is 0 Å². The maximum absolute atomic E-state index is 3.86. The fraction of sp³-hybridized carbons (Fsp3) is 0.0909. The fourth-order valence-electron chi connectivity index (χ4n) is 3.85. The first kappa shape index (κ1) is 14.7. The molecule has 0 atom stereocenters. The largest absolute Gasteiger partial charge is 0.0620 e. The van der Waals surface area contributed by atoms with Crippen molar-refractivity contribution >= 4 is 53.4 Å². The average molecular weight is 438 g/mol. The molecule has 0 nitrogen and oxygen atoms in total. The summed E-state index contributed by atoms with van der Waals surface area (Å²) in [4.78, 5) is 0. The van der Waals surface area contributed by atoms with Gasteiger partial charge in [0, 0.05) is 8.95 Å². The molecule has 0 unspecified atom stereocenters.